The molecule has 0 heterocycles. The minimum atomic E-state index is -3.79. The fourth-order valence-electron chi connectivity index (χ4n) is 1.97. The van der Waals surface area contributed by atoms with Gasteiger partial charge in [0.05, 0.1) is 4.92 Å². The van der Waals surface area contributed by atoms with E-state index >= 15 is 0 Å². The lowest BCUT2D eigenvalue weighted by molar-refractivity contribution is -0.387. The van der Waals surface area contributed by atoms with Crippen LogP contribution in [0.15, 0.2) is 23.1 Å². The zero-order valence-corrected chi connectivity index (χ0v) is 12.5. The summed E-state index contributed by atoms with van der Waals surface area (Å²) in [5.74, 6) is -1.15. The van der Waals surface area contributed by atoms with Gasteiger partial charge in [0.25, 0.3) is 0 Å². The average Bonchev–Trinajstić information content (AvgIpc) is 2.35. The standard InChI is InChI=1S/C12H16N2O6S/c1-3-7-13(8-11(15)16)9-5-4-6-10(21(2,19)20)12(9)14(17)18/h4-6H,3,7-8H2,1-2H3,(H,15,16). The summed E-state index contributed by atoms with van der Waals surface area (Å²) in [6.45, 7) is 1.61. The van der Waals surface area contributed by atoms with Crippen molar-refractivity contribution in [2.45, 2.75) is 18.2 Å². The first-order valence-electron chi connectivity index (χ1n) is 6.12. The van der Waals surface area contributed by atoms with E-state index in [4.69, 9.17) is 5.11 Å². The lowest BCUT2D eigenvalue weighted by Crippen LogP contribution is -2.31. The van der Waals surface area contributed by atoms with Crippen LogP contribution in [0.1, 0.15) is 13.3 Å². The Kier molecular flexibility index (Phi) is 5.25. The van der Waals surface area contributed by atoms with Gasteiger partial charge >= 0.3 is 11.7 Å². The Balaban J connectivity index is 3.53. The molecule has 0 saturated carbocycles. The van der Waals surface area contributed by atoms with Crippen molar-refractivity contribution in [3.63, 3.8) is 0 Å². The molecule has 0 aliphatic carbocycles. The van der Waals surface area contributed by atoms with Crippen molar-refractivity contribution >= 4 is 27.2 Å². The normalized spacial score (nSPS) is 11.1. The Morgan fingerprint density at radius 1 is 1.43 bits per heavy atom. The van der Waals surface area contributed by atoms with E-state index in [1.807, 2.05) is 0 Å². The van der Waals surface area contributed by atoms with E-state index in [9.17, 15) is 23.3 Å². The topological polar surface area (TPSA) is 118 Å². The number of hydrogen-bond donors (Lipinski definition) is 1. The summed E-state index contributed by atoms with van der Waals surface area (Å²) in [6, 6.07) is 3.86. The Labute approximate surface area is 122 Å². The van der Waals surface area contributed by atoms with E-state index < -0.39 is 37.9 Å². The minimum Gasteiger partial charge on any atom is -0.480 e. The summed E-state index contributed by atoms with van der Waals surface area (Å²) in [4.78, 5) is 22.2. The number of para-hydroxylation sites is 1. The number of carboxylic acid groups (broad SMARTS) is 1. The lowest BCUT2D eigenvalue weighted by Gasteiger charge is -2.22. The van der Waals surface area contributed by atoms with Crippen molar-refractivity contribution in [2.75, 3.05) is 24.2 Å². The predicted molar refractivity (Wildman–Crippen MR) is 76.3 cm³/mol. The number of hydrogen-bond acceptors (Lipinski definition) is 6. The summed E-state index contributed by atoms with van der Waals surface area (Å²) in [5, 5.41) is 20.2. The van der Waals surface area contributed by atoms with Crippen LogP contribution < -0.4 is 4.90 Å². The van der Waals surface area contributed by atoms with E-state index in [0.717, 1.165) is 12.3 Å². The zero-order valence-electron chi connectivity index (χ0n) is 11.6. The number of carboxylic acids is 1. The second-order valence-corrected chi connectivity index (χ2v) is 6.45. The van der Waals surface area contributed by atoms with Crippen molar-refractivity contribution in [1.29, 1.82) is 0 Å². The second kappa shape index (κ2) is 6.53. The molecule has 0 radical (unpaired) electrons. The van der Waals surface area contributed by atoms with E-state index in [-0.39, 0.29) is 12.2 Å². The summed E-state index contributed by atoms with van der Waals surface area (Å²) in [6.07, 6.45) is 1.44. The number of rotatable bonds is 7. The number of nitro benzene ring substituents is 1. The van der Waals surface area contributed by atoms with Gasteiger partial charge in [-0.1, -0.05) is 13.0 Å². The van der Waals surface area contributed by atoms with E-state index in [0.29, 0.717) is 6.42 Å². The Bertz CT molecular complexity index is 656. The van der Waals surface area contributed by atoms with Gasteiger partial charge in [-0.05, 0) is 18.6 Å². The Morgan fingerprint density at radius 2 is 2.05 bits per heavy atom. The maximum Gasteiger partial charge on any atom is 0.323 e. The highest BCUT2D eigenvalue weighted by Crippen LogP contribution is 2.34. The van der Waals surface area contributed by atoms with Crippen LogP contribution in [0.25, 0.3) is 0 Å². The van der Waals surface area contributed by atoms with Gasteiger partial charge in [0.1, 0.15) is 17.1 Å². The van der Waals surface area contributed by atoms with Crippen LogP contribution in [0.2, 0.25) is 0 Å². The highest BCUT2D eigenvalue weighted by molar-refractivity contribution is 7.90. The van der Waals surface area contributed by atoms with Crippen LogP contribution >= 0.6 is 0 Å². The maximum atomic E-state index is 11.7. The number of anilines is 1. The molecule has 116 valence electrons. The second-order valence-electron chi connectivity index (χ2n) is 4.47. The summed E-state index contributed by atoms with van der Waals surface area (Å²) in [7, 11) is -3.79. The molecule has 0 saturated heterocycles. The van der Waals surface area contributed by atoms with Gasteiger partial charge in [0, 0.05) is 12.8 Å². The zero-order chi connectivity index (χ0) is 16.2. The first-order chi connectivity index (χ1) is 9.68. The monoisotopic (exact) mass is 316 g/mol. The van der Waals surface area contributed by atoms with Crippen LogP contribution in [0.3, 0.4) is 0 Å². The fourth-order valence-corrected chi connectivity index (χ4v) is 2.82. The molecule has 1 rings (SSSR count). The molecule has 1 aromatic carbocycles. The molecule has 1 aromatic rings. The van der Waals surface area contributed by atoms with E-state index in [1.54, 1.807) is 6.92 Å². The van der Waals surface area contributed by atoms with Gasteiger partial charge in [-0.25, -0.2) is 8.42 Å². The molecule has 0 unspecified atom stereocenters. The predicted octanol–water partition coefficient (Wildman–Crippen LogP) is 1.30. The molecule has 0 aliphatic heterocycles. The van der Waals surface area contributed by atoms with Gasteiger partial charge in [0.15, 0.2) is 9.84 Å². The SMILES string of the molecule is CCCN(CC(=O)O)c1cccc(S(C)(=O)=O)c1[N+](=O)[O-]. The molecule has 8 nitrogen and oxygen atoms in total. The van der Waals surface area contributed by atoms with Crippen molar-refractivity contribution in [3.8, 4) is 0 Å². The number of benzene rings is 1. The third-order valence-corrected chi connectivity index (χ3v) is 3.85. The number of aliphatic carboxylic acids is 1. The number of carbonyl (C=O) groups is 1. The quantitative estimate of drug-likeness (QED) is 0.595. The van der Waals surface area contributed by atoms with Gasteiger partial charge in [-0.3, -0.25) is 14.9 Å². The Morgan fingerprint density at radius 3 is 2.48 bits per heavy atom. The fraction of sp³-hybridized carbons (Fsp3) is 0.417. The molecular formula is C12H16N2O6S. The number of sulfone groups is 1. The highest BCUT2D eigenvalue weighted by atomic mass is 32.2. The third kappa shape index (κ3) is 4.15. The molecule has 21 heavy (non-hydrogen) atoms. The van der Waals surface area contributed by atoms with Crippen LogP contribution in [-0.2, 0) is 14.6 Å². The Hall–Kier alpha value is -2.16. The summed E-state index contributed by atoms with van der Waals surface area (Å²) in [5.41, 5.74) is -0.595. The first kappa shape index (κ1) is 16.9. The molecule has 0 atom stereocenters. The van der Waals surface area contributed by atoms with Crippen molar-refractivity contribution in [2.24, 2.45) is 0 Å². The molecule has 9 heteroatoms. The average molecular weight is 316 g/mol. The summed E-state index contributed by atoms with van der Waals surface area (Å²) < 4.78 is 23.3. The molecule has 0 aliphatic rings. The number of nitrogens with zero attached hydrogens (tertiary/aromatic N) is 2. The van der Waals surface area contributed by atoms with Gasteiger partial charge in [-0.15, -0.1) is 0 Å². The minimum absolute atomic E-state index is 0.00725. The molecule has 0 amide bonds. The van der Waals surface area contributed by atoms with Crippen LogP contribution in [0.4, 0.5) is 11.4 Å². The van der Waals surface area contributed by atoms with Crippen molar-refractivity contribution in [3.05, 3.63) is 28.3 Å². The van der Waals surface area contributed by atoms with Crippen LogP contribution in [-0.4, -0.2) is 43.8 Å². The summed E-state index contributed by atoms with van der Waals surface area (Å²) >= 11 is 0. The van der Waals surface area contributed by atoms with Crippen molar-refractivity contribution in [1.82, 2.24) is 0 Å². The van der Waals surface area contributed by atoms with Crippen LogP contribution in [0, 0.1) is 10.1 Å². The van der Waals surface area contributed by atoms with Gasteiger partial charge in [-0.2, -0.15) is 0 Å². The largest absolute Gasteiger partial charge is 0.480 e. The molecule has 0 spiro atoms. The molecule has 0 aromatic heterocycles. The maximum absolute atomic E-state index is 11.7. The molecule has 0 fully saturated rings. The van der Waals surface area contributed by atoms with Gasteiger partial charge in [0.2, 0.25) is 0 Å². The first-order valence-corrected chi connectivity index (χ1v) is 8.01. The van der Waals surface area contributed by atoms with Gasteiger partial charge < -0.3 is 10.0 Å². The number of nitro groups is 1. The molecular weight excluding hydrogens is 300 g/mol. The van der Waals surface area contributed by atoms with E-state index in [2.05, 4.69) is 0 Å². The van der Waals surface area contributed by atoms with E-state index in [1.165, 1.54) is 17.0 Å². The smallest absolute Gasteiger partial charge is 0.323 e. The third-order valence-electron chi connectivity index (χ3n) is 2.72. The van der Waals surface area contributed by atoms with Crippen LogP contribution in [0.5, 0.6) is 0 Å². The van der Waals surface area contributed by atoms with Crippen molar-refractivity contribution < 1.29 is 23.2 Å². The molecule has 0 bridgehead atoms. The molecule has 1 N–H and O–H groups in total. The highest BCUT2D eigenvalue weighted by Gasteiger charge is 2.29. The lowest BCUT2D eigenvalue weighted by atomic mass is 10.2.